The van der Waals surface area contributed by atoms with E-state index in [1.807, 2.05) is 20.0 Å². The molecule has 1 amide bonds. The van der Waals surface area contributed by atoms with Crippen molar-refractivity contribution < 1.29 is 4.79 Å². The summed E-state index contributed by atoms with van der Waals surface area (Å²) in [7, 11) is 1.88. The van der Waals surface area contributed by atoms with Crippen LogP contribution in [0, 0.1) is 6.92 Å². The Balaban J connectivity index is 2.09. The Morgan fingerprint density at radius 1 is 1.50 bits per heavy atom. The fraction of sp³-hybridized carbons (Fsp3) is 0.200. The van der Waals surface area contributed by atoms with Crippen LogP contribution < -0.4 is 5.32 Å². The van der Waals surface area contributed by atoms with Crippen LogP contribution in [-0.4, -0.2) is 36.8 Å². The molecule has 3 aromatic heterocycles. The predicted molar refractivity (Wildman–Crippen MR) is 82.5 cm³/mol. The number of hydrogen-bond acceptors (Lipinski definition) is 4. The van der Waals surface area contributed by atoms with Crippen molar-refractivity contribution in [3.63, 3.8) is 0 Å². The molecule has 112 valence electrons. The fourth-order valence-corrected chi connectivity index (χ4v) is 2.22. The standard InChI is InChI=1S/C15H16N6O/c1-4-6-17-15(22)12-8-14-16-7-5-13(21(14)19-12)11-9-18-20(3)10(11)2/h4-5,7-9H,1,6H2,2-3H3,(H,17,22). The van der Waals surface area contributed by atoms with Crippen molar-refractivity contribution in [2.24, 2.45) is 7.05 Å². The molecule has 7 nitrogen and oxygen atoms in total. The molecule has 0 aliphatic heterocycles. The van der Waals surface area contributed by atoms with Crippen LogP contribution in [0.15, 0.2) is 37.2 Å². The van der Waals surface area contributed by atoms with Gasteiger partial charge in [-0.1, -0.05) is 6.08 Å². The van der Waals surface area contributed by atoms with Crippen molar-refractivity contribution in [1.82, 2.24) is 29.7 Å². The minimum atomic E-state index is -0.251. The molecule has 0 fully saturated rings. The second-order valence-corrected chi connectivity index (χ2v) is 4.90. The van der Waals surface area contributed by atoms with Gasteiger partial charge in [0.25, 0.3) is 5.91 Å². The number of carbonyl (C=O) groups is 1. The molecule has 0 aromatic carbocycles. The van der Waals surface area contributed by atoms with Gasteiger partial charge in [0.15, 0.2) is 11.3 Å². The van der Waals surface area contributed by atoms with Crippen LogP contribution >= 0.6 is 0 Å². The van der Waals surface area contributed by atoms with Crippen molar-refractivity contribution >= 4 is 11.6 Å². The average molecular weight is 296 g/mol. The van der Waals surface area contributed by atoms with Crippen LogP contribution in [0.5, 0.6) is 0 Å². The second-order valence-electron chi connectivity index (χ2n) is 4.90. The van der Waals surface area contributed by atoms with E-state index >= 15 is 0 Å². The first-order chi connectivity index (χ1) is 10.6. The van der Waals surface area contributed by atoms with Crippen molar-refractivity contribution in [1.29, 1.82) is 0 Å². The van der Waals surface area contributed by atoms with Gasteiger partial charge in [0.05, 0.1) is 11.9 Å². The Bertz CT molecular complexity index is 860. The summed E-state index contributed by atoms with van der Waals surface area (Å²) in [5, 5.41) is 11.3. The van der Waals surface area contributed by atoms with Gasteiger partial charge >= 0.3 is 0 Å². The number of nitrogens with one attached hydrogen (secondary N) is 1. The van der Waals surface area contributed by atoms with Crippen molar-refractivity contribution in [3.8, 4) is 11.3 Å². The maximum absolute atomic E-state index is 12.0. The van der Waals surface area contributed by atoms with E-state index in [2.05, 4.69) is 27.1 Å². The molecular formula is C15H16N6O. The summed E-state index contributed by atoms with van der Waals surface area (Å²) in [6.07, 6.45) is 5.10. The number of amides is 1. The van der Waals surface area contributed by atoms with E-state index in [4.69, 9.17) is 0 Å². The summed E-state index contributed by atoms with van der Waals surface area (Å²) in [6.45, 7) is 5.95. The van der Waals surface area contributed by atoms with Gasteiger partial charge in [-0.25, -0.2) is 9.50 Å². The van der Waals surface area contributed by atoms with Crippen LogP contribution in [0.3, 0.4) is 0 Å². The zero-order valence-electron chi connectivity index (χ0n) is 12.4. The third kappa shape index (κ3) is 2.26. The lowest BCUT2D eigenvalue weighted by molar-refractivity contribution is 0.0953. The summed E-state index contributed by atoms with van der Waals surface area (Å²) in [5.41, 5.74) is 3.75. The summed E-state index contributed by atoms with van der Waals surface area (Å²) < 4.78 is 3.45. The molecule has 3 heterocycles. The largest absolute Gasteiger partial charge is 0.347 e. The van der Waals surface area contributed by atoms with E-state index in [0.717, 1.165) is 17.0 Å². The Hall–Kier alpha value is -2.96. The molecular weight excluding hydrogens is 280 g/mol. The maximum atomic E-state index is 12.0. The first-order valence-electron chi connectivity index (χ1n) is 6.84. The Morgan fingerprint density at radius 3 is 3.00 bits per heavy atom. The molecule has 0 aliphatic rings. The molecule has 0 aliphatic carbocycles. The summed E-state index contributed by atoms with van der Waals surface area (Å²) in [5.74, 6) is -0.251. The van der Waals surface area contributed by atoms with Gasteiger partial charge in [0.2, 0.25) is 0 Å². The van der Waals surface area contributed by atoms with E-state index in [-0.39, 0.29) is 5.91 Å². The molecule has 0 unspecified atom stereocenters. The number of carbonyl (C=O) groups excluding carboxylic acids is 1. The van der Waals surface area contributed by atoms with E-state index in [1.165, 1.54) is 0 Å². The first kappa shape index (κ1) is 14.0. The van der Waals surface area contributed by atoms with Crippen LogP contribution in [-0.2, 0) is 7.05 Å². The first-order valence-corrected chi connectivity index (χ1v) is 6.84. The number of aryl methyl sites for hydroxylation is 1. The lowest BCUT2D eigenvalue weighted by Crippen LogP contribution is -2.23. The van der Waals surface area contributed by atoms with E-state index < -0.39 is 0 Å². The van der Waals surface area contributed by atoms with Gasteiger partial charge in [-0.2, -0.15) is 10.2 Å². The van der Waals surface area contributed by atoms with Crippen molar-refractivity contribution in [2.75, 3.05) is 6.54 Å². The molecule has 0 radical (unpaired) electrons. The molecule has 1 N–H and O–H groups in total. The van der Waals surface area contributed by atoms with Crippen molar-refractivity contribution in [3.05, 3.63) is 48.6 Å². The Morgan fingerprint density at radius 2 is 2.32 bits per heavy atom. The third-order valence-electron chi connectivity index (χ3n) is 3.51. The molecule has 0 saturated carbocycles. The highest BCUT2D eigenvalue weighted by Gasteiger charge is 2.15. The molecule has 0 atom stereocenters. The summed E-state index contributed by atoms with van der Waals surface area (Å²) in [6, 6.07) is 3.52. The molecule has 0 saturated heterocycles. The normalized spacial score (nSPS) is 10.8. The molecule has 3 rings (SSSR count). The van der Waals surface area contributed by atoms with Crippen molar-refractivity contribution in [2.45, 2.75) is 6.92 Å². The highest BCUT2D eigenvalue weighted by atomic mass is 16.1. The fourth-order valence-electron chi connectivity index (χ4n) is 2.22. The minimum Gasteiger partial charge on any atom is -0.347 e. The molecule has 7 heteroatoms. The highest BCUT2D eigenvalue weighted by molar-refractivity contribution is 5.93. The second kappa shape index (κ2) is 5.44. The summed E-state index contributed by atoms with van der Waals surface area (Å²) >= 11 is 0. The van der Waals surface area contributed by atoms with Crippen LogP contribution in [0.25, 0.3) is 16.9 Å². The molecule has 22 heavy (non-hydrogen) atoms. The van der Waals surface area contributed by atoms with Gasteiger partial charge in [-0.3, -0.25) is 9.48 Å². The van der Waals surface area contributed by atoms with Gasteiger partial charge in [-0.05, 0) is 13.0 Å². The Labute approximate surface area is 127 Å². The van der Waals surface area contributed by atoms with Crippen LogP contribution in [0.4, 0.5) is 0 Å². The zero-order chi connectivity index (χ0) is 15.7. The molecule has 3 aromatic rings. The van der Waals surface area contributed by atoms with E-state index in [9.17, 15) is 4.79 Å². The topological polar surface area (TPSA) is 77.1 Å². The SMILES string of the molecule is C=CCNC(=O)c1cc2nccc(-c3cnn(C)c3C)n2n1. The third-order valence-corrected chi connectivity index (χ3v) is 3.51. The van der Waals surface area contributed by atoms with Gasteiger partial charge < -0.3 is 5.32 Å². The number of rotatable bonds is 4. The average Bonchev–Trinajstić information content (AvgIpc) is 3.09. The van der Waals surface area contributed by atoms with Gasteiger partial charge in [0.1, 0.15) is 0 Å². The minimum absolute atomic E-state index is 0.251. The van der Waals surface area contributed by atoms with Gasteiger partial charge in [-0.15, -0.1) is 6.58 Å². The number of hydrogen-bond donors (Lipinski definition) is 1. The lowest BCUT2D eigenvalue weighted by atomic mass is 10.2. The number of fused-ring (bicyclic) bond motifs is 1. The lowest BCUT2D eigenvalue weighted by Gasteiger charge is -2.03. The molecule has 0 bridgehead atoms. The van der Waals surface area contributed by atoms with E-state index in [1.54, 1.807) is 33.7 Å². The zero-order valence-corrected chi connectivity index (χ0v) is 12.4. The van der Waals surface area contributed by atoms with Gasteiger partial charge in [0, 0.05) is 37.1 Å². The number of nitrogens with zero attached hydrogens (tertiary/aromatic N) is 5. The van der Waals surface area contributed by atoms with Crippen LogP contribution in [0.2, 0.25) is 0 Å². The number of aromatic nitrogens is 5. The predicted octanol–water partition coefficient (Wildman–Crippen LogP) is 1.35. The van der Waals surface area contributed by atoms with Crippen LogP contribution in [0.1, 0.15) is 16.2 Å². The maximum Gasteiger partial charge on any atom is 0.272 e. The molecule has 0 spiro atoms. The quantitative estimate of drug-likeness (QED) is 0.737. The highest BCUT2D eigenvalue weighted by Crippen LogP contribution is 2.22. The smallest absolute Gasteiger partial charge is 0.272 e. The van der Waals surface area contributed by atoms with E-state index in [0.29, 0.717) is 17.9 Å². The monoisotopic (exact) mass is 296 g/mol. The Kier molecular flexibility index (Phi) is 3.46. The summed E-state index contributed by atoms with van der Waals surface area (Å²) in [4.78, 5) is 16.3.